The molecule has 4 amide bonds. The van der Waals surface area contributed by atoms with Crippen molar-refractivity contribution in [3.63, 3.8) is 0 Å². The molecule has 0 saturated heterocycles. The van der Waals surface area contributed by atoms with Crippen LogP contribution in [-0.2, 0) is 19.0 Å². The fourth-order valence-electron chi connectivity index (χ4n) is 4.95. The van der Waals surface area contributed by atoms with Gasteiger partial charge in [-0.25, -0.2) is 19.4 Å². The summed E-state index contributed by atoms with van der Waals surface area (Å²) in [6.45, 7) is 16.4. The lowest BCUT2D eigenvalue weighted by Crippen LogP contribution is -2.47. The number of unbranched alkanes of at least 4 members (excludes halogenated alkanes) is 8. The van der Waals surface area contributed by atoms with E-state index in [2.05, 4.69) is 26.3 Å². The summed E-state index contributed by atoms with van der Waals surface area (Å²) in [7, 11) is 0. The summed E-state index contributed by atoms with van der Waals surface area (Å²) >= 11 is 0. The Labute approximate surface area is 320 Å². The Morgan fingerprint density at radius 3 is 1.41 bits per heavy atom. The fourth-order valence-corrected chi connectivity index (χ4v) is 4.95. The van der Waals surface area contributed by atoms with Crippen LogP contribution in [0.3, 0.4) is 0 Å². The van der Waals surface area contributed by atoms with Gasteiger partial charge in [-0.05, 0) is 124 Å². The first-order valence-electron chi connectivity index (χ1n) is 18.8. The standard InChI is InChI=1S/C41H61N5O8/c1-39(2,3)52-36(49)42-28-18-16-14-12-10-11-13-15-17-19-33(47)43-31-24-20-29(21-25-31)34(48)30-22-26-32(27-23-30)44-35(45-37(50)53-40(4,5)6)46-38(51)54-41(7,8)9/h20-27H,10-19,28H2,1-9H3,(H,42,49)(H,43,47)(H2,44,45,46,50,51). The molecule has 13 heteroatoms. The Hall–Kier alpha value is -4.94. The molecule has 298 valence electrons. The number of amides is 4. The maximum Gasteiger partial charge on any atom is 0.414 e. The SMILES string of the molecule is CC(C)(C)OC(=O)NCCCCCCCCCCCC(=O)Nc1ccc(C(=O)c2ccc(N=C(NC(=O)OC(C)(C)C)NC(=O)OC(C)(C)C)cc2)cc1. The first-order valence-corrected chi connectivity index (χ1v) is 18.8. The highest BCUT2D eigenvalue weighted by Crippen LogP contribution is 2.19. The summed E-state index contributed by atoms with van der Waals surface area (Å²) in [5.41, 5.74) is -0.216. The lowest BCUT2D eigenvalue weighted by molar-refractivity contribution is -0.116. The second-order valence-corrected chi connectivity index (χ2v) is 16.1. The molecule has 4 N–H and O–H groups in total. The average molecular weight is 752 g/mol. The molecule has 0 aliphatic carbocycles. The van der Waals surface area contributed by atoms with Gasteiger partial charge in [-0.2, -0.15) is 0 Å². The number of carbonyl (C=O) groups is 5. The summed E-state index contributed by atoms with van der Waals surface area (Å²) in [5, 5.41) is 10.5. The van der Waals surface area contributed by atoms with Crippen LogP contribution in [0.4, 0.5) is 25.8 Å². The molecule has 13 nitrogen and oxygen atoms in total. The molecular formula is C41H61N5O8. The van der Waals surface area contributed by atoms with Crippen molar-refractivity contribution in [1.82, 2.24) is 16.0 Å². The molecule has 0 aliphatic rings. The first kappa shape index (κ1) is 45.2. The number of ether oxygens (including phenoxy) is 3. The van der Waals surface area contributed by atoms with E-state index in [0.717, 1.165) is 57.8 Å². The maximum atomic E-state index is 13.2. The Kier molecular flexibility index (Phi) is 18.2. The number of hydrogen-bond acceptors (Lipinski definition) is 9. The Balaban J connectivity index is 1.76. The molecule has 2 aromatic carbocycles. The van der Waals surface area contributed by atoms with E-state index in [4.69, 9.17) is 14.2 Å². The third kappa shape index (κ3) is 20.9. The monoisotopic (exact) mass is 751 g/mol. The van der Waals surface area contributed by atoms with Crippen molar-refractivity contribution in [2.24, 2.45) is 4.99 Å². The van der Waals surface area contributed by atoms with Crippen molar-refractivity contribution in [2.45, 2.75) is 143 Å². The maximum absolute atomic E-state index is 13.2. The highest BCUT2D eigenvalue weighted by molar-refractivity contribution is 6.09. The molecule has 0 fully saturated rings. The van der Waals surface area contributed by atoms with Crippen molar-refractivity contribution in [3.8, 4) is 0 Å². The summed E-state index contributed by atoms with van der Waals surface area (Å²) < 4.78 is 15.8. The number of nitrogens with zero attached hydrogens (tertiary/aromatic N) is 1. The van der Waals surface area contributed by atoms with Crippen LogP contribution >= 0.6 is 0 Å². The number of anilines is 1. The molecule has 54 heavy (non-hydrogen) atoms. The molecule has 0 bridgehead atoms. The molecule has 0 heterocycles. The van der Waals surface area contributed by atoms with Gasteiger partial charge in [-0.3, -0.25) is 20.2 Å². The van der Waals surface area contributed by atoms with E-state index >= 15 is 0 Å². The van der Waals surface area contributed by atoms with E-state index in [1.54, 1.807) is 90.1 Å². The number of carbonyl (C=O) groups excluding carboxylic acids is 5. The third-order valence-electron chi connectivity index (χ3n) is 7.29. The lowest BCUT2D eigenvalue weighted by atomic mass is 10.0. The molecule has 0 unspecified atom stereocenters. The Morgan fingerprint density at radius 1 is 0.537 bits per heavy atom. The molecule has 2 aromatic rings. The van der Waals surface area contributed by atoms with Gasteiger partial charge >= 0.3 is 18.3 Å². The van der Waals surface area contributed by atoms with Gasteiger partial charge in [0.1, 0.15) is 16.8 Å². The minimum Gasteiger partial charge on any atom is -0.444 e. The Bertz CT molecular complexity index is 1520. The van der Waals surface area contributed by atoms with Gasteiger partial charge in [0.25, 0.3) is 0 Å². The van der Waals surface area contributed by atoms with Crippen molar-refractivity contribution in [2.75, 3.05) is 11.9 Å². The van der Waals surface area contributed by atoms with Crippen LogP contribution in [0.5, 0.6) is 0 Å². The highest BCUT2D eigenvalue weighted by atomic mass is 16.6. The van der Waals surface area contributed by atoms with Crippen LogP contribution in [0, 0.1) is 0 Å². The number of hydrogen-bond donors (Lipinski definition) is 4. The number of nitrogens with one attached hydrogen (secondary N) is 4. The van der Waals surface area contributed by atoms with Crippen LogP contribution in [0.2, 0.25) is 0 Å². The van der Waals surface area contributed by atoms with Gasteiger partial charge in [0.2, 0.25) is 11.9 Å². The predicted octanol–water partition coefficient (Wildman–Crippen LogP) is 9.32. The number of benzene rings is 2. The van der Waals surface area contributed by atoms with E-state index in [9.17, 15) is 24.0 Å². The quantitative estimate of drug-likeness (QED) is 0.0432. The van der Waals surface area contributed by atoms with Gasteiger partial charge in [0, 0.05) is 29.8 Å². The van der Waals surface area contributed by atoms with Gasteiger partial charge in [-0.15, -0.1) is 0 Å². The summed E-state index contributed by atoms with van der Waals surface area (Å²) in [6, 6.07) is 13.1. The largest absolute Gasteiger partial charge is 0.444 e. The number of guanidine groups is 1. The normalized spacial score (nSPS) is 11.5. The lowest BCUT2D eigenvalue weighted by Gasteiger charge is -2.22. The zero-order chi connectivity index (χ0) is 40.4. The van der Waals surface area contributed by atoms with Crippen molar-refractivity contribution >= 4 is 47.3 Å². The number of aliphatic imine (C=N–C) groups is 1. The predicted molar refractivity (Wildman–Crippen MR) is 211 cm³/mol. The summed E-state index contributed by atoms with van der Waals surface area (Å²) in [6.07, 6.45) is 7.94. The van der Waals surface area contributed by atoms with Crippen molar-refractivity contribution in [3.05, 3.63) is 59.7 Å². The minimum absolute atomic E-state index is 0.0631. The average Bonchev–Trinajstić information content (AvgIpc) is 3.03. The van der Waals surface area contributed by atoms with Gasteiger partial charge in [0.15, 0.2) is 5.78 Å². The Morgan fingerprint density at radius 2 is 0.944 bits per heavy atom. The van der Waals surface area contributed by atoms with E-state index in [1.165, 1.54) is 0 Å². The summed E-state index contributed by atoms with van der Waals surface area (Å²) in [4.78, 5) is 66.4. The minimum atomic E-state index is -0.818. The van der Waals surface area contributed by atoms with Gasteiger partial charge in [0.05, 0.1) is 5.69 Å². The zero-order valence-corrected chi connectivity index (χ0v) is 33.6. The first-order chi connectivity index (χ1) is 25.2. The topological polar surface area (TPSA) is 174 Å². The molecular weight excluding hydrogens is 690 g/mol. The van der Waals surface area contributed by atoms with Crippen LogP contribution in [-0.4, -0.2) is 59.3 Å². The number of rotatable bonds is 16. The zero-order valence-electron chi connectivity index (χ0n) is 33.6. The smallest absolute Gasteiger partial charge is 0.414 e. The van der Waals surface area contributed by atoms with Crippen LogP contribution in [0.1, 0.15) is 142 Å². The van der Waals surface area contributed by atoms with E-state index in [1.807, 2.05) is 20.8 Å². The van der Waals surface area contributed by atoms with Crippen LogP contribution < -0.4 is 21.3 Å². The molecule has 0 spiro atoms. The molecule has 2 rings (SSSR count). The van der Waals surface area contributed by atoms with E-state index in [0.29, 0.717) is 35.5 Å². The van der Waals surface area contributed by atoms with Crippen LogP contribution in [0.15, 0.2) is 53.5 Å². The van der Waals surface area contributed by atoms with E-state index < -0.39 is 29.0 Å². The number of ketones is 1. The van der Waals surface area contributed by atoms with Crippen LogP contribution in [0.25, 0.3) is 0 Å². The molecule has 0 aromatic heterocycles. The van der Waals surface area contributed by atoms with Gasteiger partial charge in [-0.1, -0.05) is 44.9 Å². The third-order valence-corrected chi connectivity index (χ3v) is 7.29. The molecule has 0 saturated carbocycles. The fraction of sp³-hybridized carbons (Fsp3) is 0.561. The molecule has 0 radical (unpaired) electrons. The van der Waals surface area contributed by atoms with Crippen molar-refractivity contribution < 1.29 is 38.2 Å². The second kappa shape index (κ2) is 21.7. The molecule has 0 atom stereocenters. The van der Waals surface area contributed by atoms with Crippen molar-refractivity contribution in [1.29, 1.82) is 0 Å². The second-order valence-electron chi connectivity index (χ2n) is 16.1. The van der Waals surface area contributed by atoms with Gasteiger partial charge < -0.3 is 24.8 Å². The highest BCUT2D eigenvalue weighted by Gasteiger charge is 2.22. The van der Waals surface area contributed by atoms with E-state index in [-0.39, 0.29) is 23.7 Å². The number of alkyl carbamates (subject to hydrolysis) is 3. The summed E-state index contributed by atoms with van der Waals surface area (Å²) in [5.74, 6) is -0.495. The molecule has 0 aliphatic heterocycles.